The highest BCUT2D eigenvalue weighted by Gasteiger charge is 2.12. The molecule has 116 valence electrons. The molecule has 2 N–H and O–H groups in total. The van der Waals surface area contributed by atoms with Gasteiger partial charge in [0.25, 0.3) is 0 Å². The lowest BCUT2D eigenvalue weighted by Crippen LogP contribution is -2.31. The fourth-order valence-electron chi connectivity index (χ4n) is 1.85. The summed E-state index contributed by atoms with van der Waals surface area (Å²) >= 11 is 0. The Kier molecular flexibility index (Phi) is 7.29. The Labute approximate surface area is 125 Å². The molecule has 1 aromatic carbocycles. The fourth-order valence-corrected chi connectivity index (χ4v) is 1.85. The summed E-state index contributed by atoms with van der Waals surface area (Å²) in [5.74, 6) is -0.236. The zero-order chi connectivity index (χ0) is 15.7. The Morgan fingerprint density at radius 1 is 1.29 bits per heavy atom. The van der Waals surface area contributed by atoms with Gasteiger partial charge in [0.15, 0.2) is 0 Å². The third-order valence-corrected chi connectivity index (χ3v) is 3.25. The molecule has 0 heterocycles. The monoisotopic (exact) mass is 293 g/mol. The van der Waals surface area contributed by atoms with Crippen molar-refractivity contribution in [3.63, 3.8) is 0 Å². The molecule has 1 unspecified atom stereocenters. The number of hydrogen-bond acceptors (Lipinski definition) is 3. The molecule has 0 aromatic heterocycles. The van der Waals surface area contributed by atoms with Crippen molar-refractivity contribution in [3.05, 3.63) is 29.8 Å². The first-order valence-corrected chi connectivity index (χ1v) is 7.19. The van der Waals surface area contributed by atoms with E-state index in [0.29, 0.717) is 13.2 Å². The van der Waals surface area contributed by atoms with E-state index >= 15 is 0 Å². The molecule has 0 bridgehead atoms. The van der Waals surface area contributed by atoms with E-state index in [1.165, 1.54) is 0 Å². The van der Waals surface area contributed by atoms with E-state index in [9.17, 15) is 9.59 Å². The number of benzene rings is 1. The van der Waals surface area contributed by atoms with Crippen LogP contribution < -0.4 is 10.1 Å². The minimum Gasteiger partial charge on any atom is -0.493 e. The van der Waals surface area contributed by atoms with Gasteiger partial charge in [0, 0.05) is 13.0 Å². The lowest BCUT2D eigenvalue weighted by Gasteiger charge is -2.13. The minimum atomic E-state index is -0.834. The Morgan fingerprint density at radius 3 is 2.52 bits per heavy atom. The zero-order valence-corrected chi connectivity index (χ0v) is 12.6. The summed E-state index contributed by atoms with van der Waals surface area (Å²) in [4.78, 5) is 22.3. The van der Waals surface area contributed by atoms with Gasteiger partial charge in [0.1, 0.15) is 5.75 Å². The van der Waals surface area contributed by atoms with Crippen LogP contribution in [0.4, 0.5) is 0 Å². The van der Waals surface area contributed by atoms with Crippen molar-refractivity contribution in [1.29, 1.82) is 0 Å². The van der Waals surface area contributed by atoms with Crippen molar-refractivity contribution >= 4 is 11.9 Å². The van der Waals surface area contributed by atoms with Crippen LogP contribution in [0.25, 0.3) is 0 Å². The molecule has 0 saturated carbocycles. The number of amides is 1. The van der Waals surface area contributed by atoms with E-state index < -0.39 is 5.97 Å². The lowest BCUT2D eigenvalue weighted by molar-refractivity contribution is -0.138. The Morgan fingerprint density at radius 2 is 1.95 bits per heavy atom. The van der Waals surface area contributed by atoms with Crippen LogP contribution in [0.2, 0.25) is 0 Å². The van der Waals surface area contributed by atoms with Gasteiger partial charge in [-0.15, -0.1) is 0 Å². The van der Waals surface area contributed by atoms with Gasteiger partial charge in [-0.2, -0.15) is 0 Å². The predicted octanol–water partition coefficient (Wildman–Crippen LogP) is 2.38. The van der Waals surface area contributed by atoms with Crippen molar-refractivity contribution in [2.75, 3.05) is 13.2 Å². The van der Waals surface area contributed by atoms with Crippen LogP contribution in [0.1, 0.15) is 31.7 Å². The second kappa shape index (κ2) is 9.00. The summed E-state index contributed by atoms with van der Waals surface area (Å²) in [5.41, 5.74) is 1.16. The molecule has 21 heavy (non-hydrogen) atoms. The molecular weight excluding hydrogens is 270 g/mol. The average Bonchev–Trinajstić information content (AvgIpc) is 2.45. The topological polar surface area (TPSA) is 75.6 Å². The van der Waals surface area contributed by atoms with E-state index in [0.717, 1.165) is 17.7 Å². The van der Waals surface area contributed by atoms with Gasteiger partial charge in [0.05, 0.1) is 13.0 Å². The van der Waals surface area contributed by atoms with Gasteiger partial charge in [-0.1, -0.05) is 31.0 Å². The number of hydrogen-bond donors (Lipinski definition) is 2. The molecule has 0 radical (unpaired) electrons. The van der Waals surface area contributed by atoms with Crippen molar-refractivity contribution in [3.8, 4) is 5.75 Å². The summed E-state index contributed by atoms with van der Waals surface area (Å²) < 4.78 is 5.47. The number of carboxylic acid groups (broad SMARTS) is 1. The SMILES string of the molecule is CCC(CNC(=O)CCOc1ccc(C)cc1)CC(=O)O. The van der Waals surface area contributed by atoms with Crippen molar-refractivity contribution in [2.24, 2.45) is 5.92 Å². The molecule has 1 aromatic rings. The van der Waals surface area contributed by atoms with Gasteiger partial charge in [-0.3, -0.25) is 9.59 Å². The third kappa shape index (κ3) is 7.34. The lowest BCUT2D eigenvalue weighted by atomic mass is 10.0. The van der Waals surface area contributed by atoms with Crippen molar-refractivity contribution < 1.29 is 19.4 Å². The van der Waals surface area contributed by atoms with Gasteiger partial charge >= 0.3 is 5.97 Å². The summed E-state index contributed by atoms with van der Waals surface area (Å²) in [6.45, 7) is 4.62. The smallest absolute Gasteiger partial charge is 0.303 e. The van der Waals surface area contributed by atoms with Crippen LogP contribution in [0.5, 0.6) is 5.75 Å². The first kappa shape index (κ1) is 17.0. The molecule has 1 amide bonds. The maximum absolute atomic E-state index is 11.7. The summed E-state index contributed by atoms with van der Waals surface area (Å²) in [5, 5.41) is 11.5. The number of aliphatic carboxylic acids is 1. The summed E-state index contributed by atoms with van der Waals surface area (Å²) in [7, 11) is 0. The highest BCUT2D eigenvalue weighted by molar-refractivity contribution is 5.76. The molecule has 0 spiro atoms. The van der Waals surface area contributed by atoms with Crippen molar-refractivity contribution in [1.82, 2.24) is 5.32 Å². The number of rotatable bonds is 9. The fraction of sp³-hybridized carbons (Fsp3) is 0.500. The van der Waals surface area contributed by atoms with Crippen LogP contribution in [0.3, 0.4) is 0 Å². The molecule has 1 rings (SSSR count). The Balaban J connectivity index is 2.21. The molecule has 0 saturated heterocycles. The second-order valence-electron chi connectivity index (χ2n) is 5.09. The van der Waals surface area contributed by atoms with Gasteiger partial charge in [-0.05, 0) is 25.0 Å². The average molecular weight is 293 g/mol. The summed E-state index contributed by atoms with van der Waals surface area (Å²) in [6.07, 6.45) is 1.07. The van der Waals surface area contributed by atoms with Crippen molar-refractivity contribution in [2.45, 2.75) is 33.1 Å². The highest BCUT2D eigenvalue weighted by atomic mass is 16.5. The Hall–Kier alpha value is -2.04. The molecular formula is C16H23NO4. The molecule has 0 aliphatic rings. The van der Waals surface area contributed by atoms with Crippen LogP contribution in [-0.4, -0.2) is 30.1 Å². The van der Waals surface area contributed by atoms with Crippen LogP contribution >= 0.6 is 0 Å². The van der Waals surface area contributed by atoms with Crippen LogP contribution in [-0.2, 0) is 9.59 Å². The minimum absolute atomic E-state index is 0.0236. The highest BCUT2D eigenvalue weighted by Crippen LogP contribution is 2.11. The summed E-state index contributed by atoms with van der Waals surface area (Å²) in [6, 6.07) is 7.64. The number of aryl methyl sites for hydroxylation is 1. The molecule has 5 nitrogen and oxygen atoms in total. The standard InChI is InChI=1S/C16H23NO4/c1-3-13(10-16(19)20)11-17-15(18)8-9-21-14-6-4-12(2)5-7-14/h4-7,13H,3,8-11H2,1-2H3,(H,17,18)(H,19,20). The number of carbonyl (C=O) groups is 2. The van der Waals surface area contributed by atoms with Gasteiger partial charge in [-0.25, -0.2) is 0 Å². The maximum atomic E-state index is 11.7. The van der Waals surface area contributed by atoms with Gasteiger partial charge in [0.2, 0.25) is 5.91 Å². The molecule has 0 aliphatic carbocycles. The number of ether oxygens (including phenoxy) is 1. The van der Waals surface area contributed by atoms with E-state index in [2.05, 4.69) is 5.32 Å². The molecule has 1 atom stereocenters. The van der Waals surface area contributed by atoms with E-state index in [4.69, 9.17) is 9.84 Å². The Bertz CT molecular complexity index is 456. The second-order valence-corrected chi connectivity index (χ2v) is 5.09. The number of nitrogens with one attached hydrogen (secondary N) is 1. The van der Waals surface area contributed by atoms with Crippen LogP contribution in [0.15, 0.2) is 24.3 Å². The molecule has 0 fully saturated rings. The van der Waals surface area contributed by atoms with Gasteiger partial charge < -0.3 is 15.2 Å². The zero-order valence-electron chi connectivity index (χ0n) is 12.6. The quantitative estimate of drug-likeness (QED) is 0.733. The number of carboxylic acids is 1. The molecule has 0 aliphatic heterocycles. The number of carbonyl (C=O) groups excluding carboxylic acids is 1. The first-order chi connectivity index (χ1) is 10.0. The maximum Gasteiger partial charge on any atom is 0.303 e. The van der Waals surface area contributed by atoms with E-state index in [1.54, 1.807) is 0 Å². The van der Waals surface area contributed by atoms with Crippen LogP contribution in [0, 0.1) is 12.8 Å². The largest absolute Gasteiger partial charge is 0.493 e. The van der Waals surface area contributed by atoms with E-state index in [1.807, 2.05) is 38.1 Å². The third-order valence-electron chi connectivity index (χ3n) is 3.25. The first-order valence-electron chi connectivity index (χ1n) is 7.19. The molecule has 5 heteroatoms. The normalized spacial score (nSPS) is 11.7. The van der Waals surface area contributed by atoms with E-state index in [-0.39, 0.29) is 24.7 Å². The predicted molar refractivity (Wildman–Crippen MR) is 80.3 cm³/mol.